The third-order valence-corrected chi connectivity index (χ3v) is 3.06. The predicted octanol–water partition coefficient (Wildman–Crippen LogP) is 2.58. The minimum Gasteiger partial charge on any atom is -0.367 e. The van der Waals surface area contributed by atoms with Gasteiger partial charge in [0.15, 0.2) is 6.10 Å². The van der Waals surface area contributed by atoms with E-state index in [0.717, 1.165) is 16.5 Å². The van der Waals surface area contributed by atoms with E-state index >= 15 is 0 Å². The van der Waals surface area contributed by atoms with Gasteiger partial charge < -0.3 is 4.74 Å². The Morgan fingerprint density at radius 1 is 1.21 bits per heavy atom. The van der Waals surface area contributed by atoms with Crippen LogP contribution in [0.15, 0.2) is 53.0 Å². The fourth-order valence-electron chi connectivity index (χ4n) is 2.19. The van der Waals surface area contributed by atoms with Crippen LogP contribution in [0.1, 0.15) is 5.56 Å². The van der Waals surface area contributed by atoms with Crippen molar-refractivity contribution in [3.63, 3.8) is 0 Å². The van der Waals surface area contributed by atoms with Gasteiger partial charge in [-0.05, 0) is 17.7 Å². The molecule has 1 unspecified atom stereocenters. The maximum atomic E-state index is 11.7. The van der Waals surface area contributed by atoms with E-state index in [2.05, 4.69) is 15.2 Å². The molecular formula is C14H11N3O2. The van der Waals surface area contributed by atoms with E-state index in [9.17, 15) is 4.79 Å². The van der Waals surface area contributed by atoms with E-state index in [1.54, 1.807) is 12.4 Å². The molecule has 0 saturated carbocycles. The summed E-state index contributed by atoms with van der Waals surface area (Å²) >= 11 is 0. The van der Waals surface area contributed by atoms with E-state index in [0.29, 0.717) is 5.57 Å². The first-order chi connectivity index (χ1) is 9.31. The van der Waals surface area contributed by atoms with Crippen LogP contribution in [-0.4, -0.2) is 24.1 Å². The van der Waals surface area contributed by atoms with Crippen LogP contribution >= 0.6 is 0 Å². The van der Waals surface area contributed by atoms with Gasteiger partial charge in [-0.15, -0.1) is 5.11 Å². The number of hydrogen-bond donors (Lipinski definition) is 0. The molecule has 94 valence electrons. The minimum absolute atomic E-state index is 0.388. The Morgan fingerprint density at radius 2 is 2.05 bits per heavy atom. The number of benzene rings is 1. The van der Waals surface area contributed by atoms with Crippen LogP contribution < -0.4 is 0 Å². The van der Waals surface area contributed by atoms with E-state index in [1.807, 2.05) is 30.3 Å². The van der Waals surface area contributed by atoms with E-state index in [4.69, 9.17) is 4.74 Å². The molecule has 19 heavy (non-hydrogen) atoms. The molecule has 3 rings (SSSR count). The third-order valence-electron chi connectivity index (χ3n) is 3.06. The quantitative estimate of drug-likeness (QED) is 0.826. The average molecular weight is 253 g/mol. The number of methoxy groups -OCH3 is 1. The van der Waals surface area contributed by atoms with Crippen LogP contribution in [0.25, 0.3) is 16.5 Å². The van der Waals surface area contributed by atoms with E-state index in [1.165, 1.54) is 7.11 Å². The summed E-state index contributed by atoms with van der Waals surface area (Å²) < 4.78 is 5.23. The first kappa shape index (κ1) is 11.7. The molecule has 1 aromatic carbocycles. The molecule has 0 radical (unpaired) electrons. The van der Waals surface area contributed by atoms with Gasteiger partial charge in [0.25, 0.3) is 5.91 Å². The fraction of sp³-hybridized carbons (Fsp3) is 0.143. The zero-order valence-corrected chi connectivity index (χ0v) is 10.3. The zero-order valence-electron chi connectivity index (χ0n) is 10.3. The highest BCUT2D eigenvalue weighted by atomic mass is 16.5. The number of para-hydroxylation sites is 1. The second kappa shape index (κ2) is 4.70. The lowest BCUT2D eigenvalue weighted by Crippen LogP contribution is -2.24. The van der Waals surface area contributed by atoms with Crippen LogP contribution in [0.5, 0.6) is 0 Å². The molecule has 2 heterocycles. The average Bonchev–Trinajstić information content (AvgIpc) is 2.46. The number of aromatic nitrogens is 1. The minimum atomic E-state index is -0.705. The number of nitrogens with zero attached hydrogens (tertiary/aromatic N) is 3. The molecule has 2 aromatic rings. The van der Waals surface area contributed by atoms with Crippen molar-refractivity contribution < 1.29 is 9.53 Å². The number of ether oxygens (including phenoxy) is 1. The van der Waals surface area contributed by atoms with Crippen molar-refractivity contribution in [3.8, 4) is 0 Å². The SMILES string of the molecule is COC1C(=O)N=NC=C1c1ccnc2ccccc12. The van der Waals surface area contributed by atoms with Crippen LogP contribution in [0, 0.1) is 0 Å². The molecule has 0 saturated heterocycles. The second-order valence-electron chi connectivity index (χ2n) is 4.13. The van der Waals surface area contributed by atoms with Gasteiger partial charge in [-0.2, -0.15) is 5.11 Å². The second-order valence-corrected chi connectivity index (χ2v) is 4.13. The highest BCUT2D eigenvalue weighted by Gasteiger charge is 2.27. The third kappa shape index (κ3) is 1.94. The van der Waals surface area contributed by atoms with Gasteiger partial charge in [-0.3, -0.25) is 9.78 Å². The highest BCUT2D eigenvalue weighted by Crippen LogP contribution is 2.29. The van der Waals surface area contributed by atoms with Gasteiger partial charge in [0.05, 0.1) is 11.7 Å². The summed E-state index contributed by atoms with van der Waals surface area (Å²) in [5.74, 6) is -0.388. The van der Waals surface area contributed by atoms with Crippen molar-refractivity contribution in [2.24, 2.45) is 10.2 Å². The van der Waals surface area contributed by atoms with Crippen LogP contribution in [0.2, 0.25) is 0 Å². The molecule has 0 N–H and O–H groups in total. The molecular weight excluding hydrogens is 242 g/mol. The van der Waals surface area contributed by atoms with Crippen molar-refractivity contribution in [1.82, 2.24) is 4.98 Å². The lowest BCUT2D eigenvalue weighted by Gasteiger charge is -2.18. The summed E-state index contributed by atoms with van der Waals surface area (Å²) in [5, 5.41) is 8.20. The Hall–Kier alpha value is -2.40. The molecule has 1 aliphatic rings. The first-order valence-corrected chi connectivity index (χ1v) is 5.83. The maximum absolute atomic E-state index is 11.7. The molecule has 0 bridgehead atoms. The van der Waals surface area contributed by atoms with Gasteiger partial charge >= 0.3 is 0 Å². The standard InChI is InChI=1S/C14H11N3O2/c1-19-13-11(8-16-17-14(13)18)9-6-7-15-12-5-3-2-4-10(9)12/h2-8,13H,1H3. The first-order valence-electron chi connectivity index (χ1n) is 5.83. The smallest absolute Gasteiger partial charge is 0.297 e. The number of azo groups is 1. The largest absolute Gasteiger partial charge is 0.367 e. The molecule has 1 aromatic heterocycles. The summed E-state index contributed by atoms with van der Waals surface area (Å²) in [5.41, 5.74) is 2.47. The van der Waals surface area contributed by atoms with Crippen LogP contribution in [0.3, 0.4) is 0 Å². The number of fused-ring (bicyclic) bond motifs is 1. The molecule has 5 nitrogen and oxygen atoms in total. The summed E-state index contributed by atoms with van der Waals surface area (Å²) in [6, 6.07) is 9.60. The maximum Gasteiger partial charge on any atom is 0.297 e. The molecule has 5 heteroatoms. The summed E-state index contributed by atoms with van der Waals surface area (Å²) in [6.45, 7) is 0. The summed E-state index contributed by atoms with van der Waals surface area (Å²) in [7, 11) is 1.49. The van der Waals surface area contributed by atoms with E-state index < -0.39 is 6.10 Å². The van der Waals surface area contributed by atoms with E-state index in [-0.39, 0.29) is 5.91 Å². The number of rotatable bonds is 2. The van der Waals surface area contributed by atoms with Crippen molar-refractivity contribution in [3.05, 3.63) is 48.3 Å². The summed E-state index contributed by atoms with van der Waals surface area (Å²) in [6.07, 6.45) is 2.57. The number of hydrogen-bond acceptors (Lipinski definition) is 4. The Bertz CT molecular complexity index is 701. The monoisotopic (exact) mass is 253 g/mol. The fourth-order valence-corrected chi connectivity index (χ4v) is 2.19. The van der Waals surface area contributed by atoms with Crippen LogP contribution in [-0.2, 0) is 9.53 Å². The van der Waals surface area contributed by atoms with Gasteiger partial charge in [0, 0.05) is 24.3 Å². The highest BCUT2D eigenvalue weighted by molar-refractivity contribution is 6.01. The molecule has 0 spiro atoms. The number of pyridine rings is 1. The Balaban J connectivity index is 2.21. The van der Waals surface area contributed by atoms with Crippen molar-refractivity contribution in [2.45, 2.75) is 6.10 Å². The molecule has 1 aliphatic heterocycles. The van der Waals surface area contributed by atoms with Gasteiger partial charge in [0.2, 0.25) is 0 Å². The van der Waals surface area contributed by atoms with Crippen molar-refractivity contribution >= 4 is 22.4 Å². The number of carbonyl (C=O) groups is 1. The molecule has 1 atom stereocenters. The van der Waals surface area contributed by atoms with Gasteiger partial charge in [0.1, 0.15) is 0 Å². The Kier molecular flexibility index (Phi) is 2.89. The normalized spacial score (nSPS) is 18.7. The molecule has 0 fully saturated rings. The zero-order chi connectivity index (χ0) is 13.2. The van der Waals surface area contributed by atoms with Crippen molar-refractivity contribution in [1.29, 1.82) is 0 Å². The van der Waals surface area contributed by atoms with Gasteiger partial charge in [-0.1, -0.05) is 18.2 Å². The summed E-state index contributed by atoms with van der Waals surface area (Å²) in [4.78, 5) is 16.0. The lowest BCUT2D eigenvalue weighted by molar-refractivity contribution is -0.125. The van der Waals surface area contributed by atoms with Gasteiger partial charge in [-0.25, -0.2) is 0 Å². The Labute approximate surface area is 109 Å². The number of carbonyl (C=O) groups excluding carboxylic acids is 1. The Morgan fingerprint density at radius 3 is 2.89 bits per heavy atom. The lowest BCUT2D eigenvalue weighted by atomic mass is 9.97. The molecule has 1 amide bonds. The predicted molar refractivity (Wildman–Crippen MR) is 70.4 cm³/mol. The van der Waals surface area contributed by atoms with Crippen molar-refractivity contribution in [2.75, 3.05) is 7.11 Å². The number of amides is 1. The topological polar surface area (TPSA) is 63.9 Å². The molecule has 0 aliphatic carbocycles. The van der Waals surface area contributed by atoms with Crippen LogP contribution in [0.4, 0.5) is 0 Å².